The SMILES string of the molecule is C=C1C(CCC)C=CN1C. The lowest BCUT2D eigenvalue weighted by molar-refractivity contribution is 0.520. The minimum Gasteiger partial charge on any atom is -0.355 e. The molecule has 1 atom stereocenters. The minimum absolute atomic E-state index is 0.606. The van der Waals surface area contributed by atoms with Gasteiger partial charge in [0, 0.05) is 24.9 Å². The van der Waals surface area contributed by atoms with Gasteiger partial charge in [-0.05, 0) is 6.42 Å². The molecular formula is C9H15N. The van der Waals surface area contributed by atoms with Crippen molar-refractivity contribution >= 4 is 0 Å². The number of hydrogen-bond acceptors (Lipinski definition) is 1. The van der Waals surface area contributed by atoms with E-state index in [9.17, 15) is 0 Å². The van der Waals surface area contributed by atoms with Crippen LogP contribution in [0.4, 0.5) is 0 Å². The van der Waals surface area contributed by atoms with Crippen LogP contribution in [-0.4, -0.2) is 11.9 Å². The summed E-state index contributed by atoms with van der Waals surface area (Å²) in [6.07, 6.45) is 6.80. The van der Waals surface area contributed by atoms with Crippen LogP contribution in [0.1, 0.15) is 19.8 Å². The molecule has 1 rings (SSSR count). The summed E-state index contributed by atoms with van der Waals surface area (Å²) in [7, 11) is 2.05. The Kier molecular flexibility index (Phi) is 2.15. The Bertz CT molecular complexity index is 158. The molecule has 0 amide bonds. The molecule has 1 heteroatoms. The smallest absolute Gasteiger partial charge is 0.0182 e. The van der Waals surface area contributed by atoms with E-state index in [2.05, 4.69) is 37.7 Å². The normalized spacial score (nSPS) is 24.4. The van der Waals surface area contributed by atoms with Crippen molar-refractivity contribution in [3.63, 3.8) is 0 Å². The molecule has 1 aliphatic rings. The highest BCUT2D eigenvalue weighted by Crippen LogP contribution is 2.25. The zero-order valence-electron chi connectivity index (χ0n) is 6.80. The van der Waals surface area contributed by atoms with Crippen molar-refractivity contribution < 1.29 is 0 Å². The van der Waals surface area contributed by atoms with Crippen LogP contribution in [0.25, 0.3) is 0 Å². The maximum absolute atomic E-state index is 4.00. The molecule has 0 N–H and O–H groups in total. The van der Waals surface area contributed by atoms with Gasteiger partial charge < -0.3 is 4.90 Å². The zero-order chi connectivity index (χ0) is 7.56. The molecule has 10 heavy (non-hydrogen) atoms. The summed E-state index contributed by atoms with van der Waals surface area (Å²) in [5.74, 6) is 0.606. The van der Waals surface area contributed by atoms with Gasteiger partial charge in [-0.15, -0.1) is 0 Å². The number of hydrogen-bond donors (Lipinski definition) is 0. The summed E-state index contributed by atoms with van der Waals surface area (Å²) in [6.45, 7) is 6.21. The molecule has 1 unspecified atom stereocenters. The Hall–Kier alpha value is -0.720. The van der Waals surface area contributed by atoms with E-state index >= 15 is 0 Å². The van der Waals surface area contributed by atoms with E-state index in [0.717, 1.165) is 0 Å². The second-order valence-electron chi connectivity index (χ2n) is 2.84. The van der Waals surface area contributed by atoms with Gasteiger partial charge in [-0.2, -0.15) is 0 Å². The lowest BCUT2D eigenvalue weighted by Gasteiger charge is -2.14. The van der Waals surface area contributed by atoms with Gasteiger partial charge in [0.2, 0.25) is 0 Å². The van der Waals surface area contributed by atoms with Crippen molar-refractivity contribution in [1.82, 2.24) is 4.90 Å². The topological polar surface area (TPSA) is 3.24 Å². The van der Waals surface area contributed by atoms with Crippen LogP contribution in [0.2, 0.25) is 0 Å². The van der Waals surface area contributed by atoms with Gasteiger partial charge in [-0.1, -0.05) is 26.0 Å². The summed E-state index contributed by atoms with van der Waals surface area (Å²) in [5, 5.41) is 0. The van der Waals surface area contributed by atoms with Gasteiger partial charge in [0.25, 0.3) is 0 Å². The maximum Gasteiger partial charge on any atom is 0.0182 e. The average Bonchev–Trinajstić information content (AvgIpc) is 2.20. The number of nitrogens with zero attached hydrogens (tertiary/aromatic N) is 1. The van der Waals surface area contributed by atoms with Gasteiger partial charge >= 0.3 is 0 Å². The molecule has 1 heterocycles. The summed E-state index contributed by atoms with van der Waals surface area (Å²) in [5.41, 5.74) is 1.24. The molecule has 0 aromatic rings. The highest BCUT2D eigenvalue weighted by atomic mass is 15.1. The van der Waals surface area contributed by atoms with Crippen molar-refractivity contribution in [3.05, 3.63) is 24.6 Å². The van der Waals surface area contributed by atoms with Crippen molar-refractivity contribution in [2.75, 3.05) is 7.05 Å². The summed E-state index contributed by atoms with van der Waals surface area (Å²) >= 11 is 0. The first-order valence-corrected chi connectivity index (χ1v) is 3.85. The molecule has 0 saturated heterocycles. The molecule has 0 radical (unpaired) electrons. The molecule has 1 aliphatic heterocycles. The summed E-state index contributed by atoms with van der Waals surface area (Å²) in [6, 6.07) is 0. The second kappa shape index (κ2) is 2.91. The highest BCUT2D eigenvalue weighted by molar-refractivity contribution is 5.17. The fourth-order valence-electron chi connectivity index (χ4n) is 1.28. The third kappa shape index (κ3) is 1.23. The third-order valence-electron chi connectivity index (χ3n) is 2.02. The van der Waals surface area contributed by atoms with E-state index in [1.165, 1.54) is 18.5 Å². The van der Waals surface area contributed by atoms with Crippen LogP contribution in [0, 0.1) is 5.92 Å². The molecular weight excluding hydrogens is 122 g/mol. The van der Waals surface area contributed by atoms with Crippen molar-refractivity contribution in [2.45, 2.75) is 19.8 Å². The molecule has 0 spiro atoms. The first-order valence-electron chi connectivity index (χ1n) is 3.85. The van der Waals surface area contributed by atoms with Crippen LogP contribution in [0.3, 0.4) is 0 Å². The van der Waals surface area contributed by atoms with E-state index in [4.69, 9.17) is 0 Å². The first-order chi connectivity index (χ1) is 4.75. The van der Waals surface area contributed by atoms with Crippen LogP contribution in [-0.2, 0) is 0 Å². The Morgan fingerprint density at radius 1 is 1.70 bits per heavy atom. The predicted octanol–water partition coefficient (Wildman–Crippen LogP) is 2.38. The number of allylic oxidation sites excluding steroid dienone is 1. The third-order valence-corrected chi connectivity index (χ3v) is 2.02. The van der Waals surface area contributed by atoms with Crippen LogP contribution in [0.15, 0.2) is 24.6 Å². The Morgan fingerprint density at radius 3 is 2.80 bits per heavy atom. The standard InChI is InChI=1S/C9H15N/c1-4-5-9-6-7-10(3)8(9)2/h6-7,9H,2,4-5H2,1,3H3. The second-order valence-corrected chi connectivity index (χ2v) is 2.84. The van der Waals surface area contributed by atoms with Gasteiger partial charge in [0.15, 0.2) is 0 Å². The van der Waals surface area contributed by atoms with Crippen molar-refractivity contribution in [1.29, 1.82) is 0 Å². The van der Waals surface area contributed by atoms with E-state index in [-0.39, 0.29) is 0 Å². The molecule has 56 valence electrons. The molecule has 0 bridgehead atoms. The van der Waals surface area contributed by atoms with Gasteiger partial charge in [-0.25, -0.2) is 0 Å². The van der Waals surface area contributed by atoms with E-state index in [1.54, 1.807) is 0 Å². The maximum atomic E-state index is 4.00. The molecule has 0 aliphatic carbocycles. The summed E-state index contributed by atoms with van der Waals surface area (Å²) in [4.78, 5) is 2.10. The van der Waals surface area contributed by atoms with E-state index in [1.807, 2.05) is 0 Å². The minimum atomic E-state index is 0.606. The van der Waals surface area contributed by atoms with E-state index in [0.29, 0.717) is 5.92 Å². The van der Waals surface area contributed by atoms with Crippen molar-refractivity contribution in [2.24, 2.45) is 5.92 Å². The lowest BCUT2D eigenvalue weighted by atomic mass is 10.0. The fraction of sp³-hybridized carbons (Fsp3) is 0.556. The quantitative estimate of drug-likeness (QED) is 0.564. The Balaban J connectivity index is 2.50. The van der Waals surface area contributed by atoms with Gasteiger partial charge in [0.05, 0.1) is 0 Å². The molecule has 0 saturated carbocycles. The molecule has 1 nitrogen and oxygen atoms in total. The highest BCUT2D eigenvalue weighted by Gasteiger charge is 2.15. The molecule has 0 fully saturated rings. The van der Waals surface area contributed by atoms with Gasteiger partial charge in [-0.3, -0.25) is 0 Å². The van der Waals surface area contributed by atoms with Crippen LogP contribution < -0.4 is 0 Å². The molecule has 0 aromatic heterocycles. The average molecular weight is 137 g/mol. The van der Waals surface area contributed by atoms with Crippen LogP contribution in [0.5, 0.6) is 0 Å². The Morgan fingerprint density at radius 2 is 2.40 bits per heavy atom. The predicted molar refractivity (Wildman–Crippen MR) is 44.4 cm³/mol. The lowest BCUT2D eigenvalue weighted by Crippen LogP contribution is -2.08. The van der Waals surface area contributed by atoms with E-state index < -0.39 is 0 Å². The number of rotatable bonds is 2. The van der Waals surface area contributed by atoms with Crippen molar-refractivity contribution in [3.8, 4) is 0 Å². The van der Waals surface area contributed by atoms with Crippen LogP contribution >= 0.6 is 0 Å². The monoisotopic (exact) mass is 137 g/mol. The zero-order valence-corrected chi connectivity index (χ0v) is 6.80. The Labute approximate surface area is 63.0 Å². The largest absolute Gasteiger partial charge is 0.355 e. The first kappa shape index (κ1) is 7.39. The summed E-state index contributed by atoms with van der Waals surface area (Å²) < 4.78 is 0. The fourth-order valence-corrected chi connectivity index (χ4v) is 1.28. The molecule has 0 aromatic carbocycles. The van der Waals surface area contributed by atoms with Gasteiger partial charge in [0.1, 0.15) is 0 Å².